The third kappa shape index (κ3) is 1.54. The lowest BCUT2D eigenvalue weighted by molar-refractivity contribution is 1.06. The first-order valence-electron chi connectivity index (χ1n) is 2.03. The van der Waals surface area contributed by atoms with Crippen LogP contribution in [0.1, 0.15) is 0 Å². The molecule has 0 unspecified atom stereocenters. The van der Waals surface area contributed by atoms with E-state index in [1.54, 1.807) is 0 Å². The Morgan fingerprint density at radius 1 is 1.43 bits per heavy atom. The molecule has 0 saturated carbocycles. The SMILES string of the molecule is IC1C=NCN=C1. The van der Waals surface area contributed by atoms with E-state index in [-0.39, 0.29) is 0 Å². The van der Waals surface area contributed by atoms with Crippen LogP contribution in [-0.2, 0) is 0 Å². The van der Waals surface area contributed by atoms with Crippen molar-refractivity contribution in [1.29, 1.82) is 0 Å². The average Bonchev–Trinajstić information content (AvgIpc) is 1.69. The maximum atomic E-state index is 3.93. The summed E-state index contributed by atoms with van der Waals surface area (Å²) in [5.41, 5.74) is 0. The number of halogens is 1. The second kappa shape index (κ2) is 2.40. The average molecular weight is 208 g/mol. The summed E-state index contributed by atoms with van der Waals surface area (Å²) >= 11 is 2.26. The molecule has 0 aliphatic carbocycles. The Hall–Kier alpha value is 0.0700. The zero-order chi connectivity index (χ0) is 5.11. The maximum absolute atomic E-state index is 3.93. The molecule has 0 fully saturated rings. The first kappa shape index (κ1) is 5.21. The van der Waals surface area contributed by atoms with Crippen molar-refractivity contribution in [2.24, 2.45) is 9.98 Å². The molecule has 0 saturated heterocycles. The van der Waals surface area contributed by atoms with Gasteiger partial charge in [-0.1, -0.05) is 22.6 Å². The molecule has 1 rings (SSSR count). The number of alkyl halides is 1. The smallest absolute Gasteiger partial charge is 0.128 e. The van der Waals surface area contributed by atoms with Crippen LogP contribution in [0.15, 0.2) is 9.98 Å². The molecule has 0 spiro atoms. The van der Waals surface area contributed by atoms with Crippen LogP contribution in [0.4, 0.5) is 0 Å². The summed E-state index contributed by atoms with van der Waals surface area (Å²) in [6.45, 7) is 0.625. The van der Waals surface area contributed by atoms with Gasteiger partial charge in [-0.3, -0.25) is 9.98 Å². The first-order valence-corrected chi connectivity index (χ1v) is 3.28. The molecule has 1 heterocycles. The monoisotopic (exact) mass is 208 g/mol. The fraction of sp³-hybridized carbons (Fsp3) is 0.500. The lowest BCUT2D eigenvalue weighted by Gasteiger charge is -1.97. The minimum Gasteiger partial charge on any atom is -0.273 e. The predicted octanol–water partition coefficient (Wildman–Crippen LogP) is 0.903. The van der Waals surface area contributed by atoms with Gasteiger partial charge in [-0.25, -0.2) is 0 Å². The molecule has 1 aliphatic rings. The van der Waals surface area contributed by atoms with E-state index in [0.717, 1.165) is 0 Å². The first-order chi connectivity index (χ1) is 3.39. The Morgan fingerprint density at radius 2 is 2.00 bits per heavy atom. The van der Waals surface area contributed by atoms with Gasteiger partial charge in [0.1, 0.15) is 6.67 Å². The van der Waals surface area contributed by atoms with Gasteiger partial charge in [-0.2, -0.15) is 0 Å². The zero-order valence-corrected chi connectivity index (χ0v) is 5.87. The standard InChI is InChI=1S/C4H5IN2/c5-4-1-6-3-7-2-4/h1-2,4H,3H2. The van der Waals surface area contributed by atoms with Gasteiger partial charge in [0.2, 0.25) is 0 Å². The summed E-state index contributed by atoms with van der Waals surface area (Å²) < 4.78 is 0.423. The fourth-order valence-corrected chi connectivity index (χ4v) is 0.836. The van der Waals surface area contributed by atoms with E-state index in [1.807, 2.05) is 12.4 Å². The van der Waals surface area contributed by atoms with Crippen LogP contribution in [0.3, 0.4) is 0 Å². The largest absolute Gasteiger partial charge is 0.273 e. The molecule has 0 radical (unpaired) electrons. The van der Waals surface area contributed by atoms with Crippen LogP contribution in [0.25, 0.3) is 0 Å². The maximum Gasteiger partial charge on any atom is 0.128 e. The minimum absolute atomic E-state index is 0.423. The van der Waals surface area contributed by atoms with Crippen LogP contribution in [0.2, 0.25) is 0 Å². The predicted molar refractivity (Wildman–Crippen MR) is 39.7 cm³/mol. The van der Waals surface area contributed by atoms with Crippen molar-refractivity contribution >= 4 is 35.0 Å². The minimum atomic E-state index is 0.423. The van der Waals surface area contributed by atoms with Crippen LogP contribution >= 0.6 is 22.6 Å². The Morgan fingerprint density at radius 3 is 2.29 bits per heavy atom. The lowest BCUT2D eigenvalue weighted by Crippen LogP contribution is -2.05. The van der Waals surface area contributed by atoms with Crippen molar-refractivity contribution in [2.45, 2.75) is 3.92 Å². The van der Waals surface area contributed by atoms with Crippen molar-refractivity contribution in [3.05, 3.63) is 0 Å². The molecule has 0 N–H and O–H groups in total. The van der Waals surface area contributed by atoms with Gasteiger partial charge in [0.05, 0.1) is 3.92 Å². The Kier molecular flexibility index (Phi) is 1.78. The van der Waals surface area contributed by atoms with E-state index >= 15 is 0 Å². The number of hydrogen-bond acceptors (Lipinski definition) is 2. The number of aliphatic imine (C=N–C) groups is 2. The number of nitrogens with zero attached hydrogens (tertiary/aromatic N) is 2. The molecule has 0 amide bonds. The highest BCUT2D eigenvalue weighted by atomic mass is 127. The van der Waals surface area contributed by atoms with Gasteiger partial charge in [0.25, 0.3) is 0 Å². The second-order valence-electron chi connectivity index (χ2n) is 1.25. The molecule has 0 bridgehead atoms. The molecule has 3 heteroatoms. The molecule has 0 aromatic rings. The molecule has 0 aromatic heterocycles. The van der Waals surface area contributed by atoms with Crippen molar-refractivity contribution < 1.29 is 0 Å². The fourth-order valence-electron chi connectivity index (χ4n) is 0.381. The molecule has 0 atom stereocenters. The summed E-state index contributed by atoms with van der Waals surface area (Å²) in [6.07, 6.45) is 3.79. The van der Waals surface area contributed by atoms with E-state index < -0.39 is 0 Å². The van der Waals surface area contributed by atoms with E-state index in [2.05, 4.69) is 32.6 Å². The van der Waals surface area contributed by atoms with E-state index in [0.29, 0.717) is 10.6 Å². The van der Waals surface area contributed by atoms with Gasteiger partial charge in [0.15, 0.2) is 0 Å². The Bertz CT molecular complexity index is 96.3. The van der Waals surface area contributed by atoms with Gasteiger partial charge >= 0.3 is 0 Å². The zero-order valence-electron chi connectivity index (χ0n) is 3.71. The summed E-state index contributed by atoms with van der Waals surface area (Å²) in [5.74, 6) is 0. The molecule has 7 heavy (non-hydrogen) atoms. The third-order valence-corrected chi connectivity index (χ3v) is 1.30. The third-order valence-electron chi connectivity index (χ3n) is 0.659. The lowest BCUT2D eigenvalue weighted by atomic mass is 10.5. The summed E-state index contributed by atoms with van der Waals surface area (Å²) in [7, 11) is 0. The highest BCUT2D eigenvalue weighted by Gasteiger charge is 1.94. The van der Waals surface area contributed by atoms with Gasteiger partial charge in [-0.15, -0.1) is 0 Å². The Labute approximate surface area is 55.9 Å². The topological polar surface area (TPSA) is 24.7 Å². The second-order valence-corrected chi connectivity index (χ2v) is 2.69. The molecule has 0 aromatic carbocycles. The molecule has 38 valence electrons. The molecule has 1 aliphatic heterocycles. The summed E-state index contributed by atoms with van der Waals surface area (Å²) in [6, 6.07) is 0. The van der Waals surface area contributed by atoms with Gasteiger partial charge in [0, 0.05) is 12.4 Å². The quantitative estimate of drug-likeness (QED) is 0.417. The van der Waals surface area contributed by atoms with Crippen molar-refractivity contribution in [3.8, 4) is 0 Å². The van der Waals surface area contributed by atoms with Crippen LogP contribution < -0.4 is 0 Å². The van der Waals surface area contributed by atoms with E-state index in [1.165, 1.54) is 0 Å². The van der Waals surface area contributed by atoms with Gasteiger partial charge < -0.3 is 0 Å². The van der Waals surface area contributed by atoms with Crippen molar-refractivity contribution in [3.63, 3.8) is 0 Å². The van der Waals surface area contributed by atoms with Gasteiger partial charge in [-0.05, 0) is 0 Å². The van der Waals surface area contributed by atoms with Crippen LogP contribution in [-0.4, -0.2) is 23.0 Å². The molecule has 2 nitrogen and oxygen atoms in total. The molecular weight excluding hydrogens is 203 g/mol. The molecular formula is C4H5IN2. The van der Waals surface area contributed by atoms with Crippen LogP contribution in [0, 0.1) is 0 Å². The summed E-state index contributed by atoms with van der Waals surface area (Å²) in [4.78, 5) is 7.86. The van der Waals surface area contributed by atoms with E-state index in [9.17, 15) is 0 Å². The summed E-state index contributed by atoms with van der Waals surface area (Å²) in [5, 5.41) is 0. The highest BCUT2D eigenvalue weighted by Crippen LogP contribution is 1.96. The normalized spacial score (nSPS) is 20.7. The number of rotatable bonds is 0. The Balaban J connectivity index is 2.49. The van der Waals surface area contributed by atoms with Crippen molar-refractivity contribution in [2.75, 3.05) is 6.67 Å². The van der Waals surface area contributed by atoms with Crippen molar-refractivity contribution in [1.82, 2.24) is 0 Å². The highest BCUT2D eigenvalue weighted by molar-refractivity contribution is 14.1. The number of hydrogen-bond donors (Lipinski definition) is 0. The van der Waals surface area contributed by atoms with E-state index in [4.69, 9.17) is 0 Å². The van der Waals surface area contributed by atoms with Crippen LogP contribution in [0.5, 0.6) is 0 Å².